The van der Waals surface area contributed by atoms with Crippen LogP contribution >= 0.6 is 12.2 Å². The summed E-state index contributed by atoms with van der Waals surface area (Å²) < 4.78 is 37.0. The average molecular weight is 406 g/mol. The Morgan fingerprint density at radius 3 is 2.41 bits per heavy atom. The molecule has 0 bridgehead atoms. The molecule has 1 aromatic heterocycles. The number of sulfonamides is 1. The first-order chi connectivity index (χ1) is 12.8. The number of primary sulfonamides is 1. The number of nitrogens with one attached hydrogen (secondary N) is 2. The molecule has 3 rings (SSSR count). The van der Waals surface area contributed by atoms with Crippen LogP contribution in [0.25, 0.3) is 0 Å². The minimum absolute atomic E-state index is 0.00753. The van der Waals surface area contributed by atoms with E-state index < -0.39 is 10.0 Å². The molecule has 8 nitrogen and oxygen atoms in total. The predicted octanol–water partition coefficient (Wildman–Crippen LogP) is 1.92. The molecule has 0 aliphatic heterocycles. The van der Waals surface area contributed by atoms with Gasteiger partial charge in [0.05, 0.1) is 11.4 Å². The largest absolute Gasteiger partial charge is 0.332 e. The lowest BCUT2D eigenvalue weighted by molar-refractivity contribution is 0.598. The molecule has 0 unspecified atom stereocenters. The first kappa shape index (κ1) is 18.9. The number of rotatable bonds is 5. The molecular formula is C16H15FN6O2S2. The van der Waals surface area contributed by atoms with Crippen LogP contribution in [0.15, 0.2) is 59.8 Å². The van der Waals surface area contributed by atoms with Gasteiger partial charge in [-0.3, -0.25) is 5.32 Å². The highest BCUT2D eigenvalue weighted by Crippen LogP contribution is 2.13. The molecule has 1 heterocycles. The summed E-state index contributed by atoms with van der Waals surface area (Å²) in [6.45, 7) is 0.435. The van der Waals surface area contributed by atoms with Crippen molar-refractivity contribution in [3.05, 3.63) is 66.2 Å². The Hall–Kier alpha value is -2.89. The van der Waals surface area contributed by atoms with E-state index in [1.54, 1.807) is 16.8 Å². The smallest absolute Gasteiger partial charge is 0.248 e. The molecule has 11 heteroatoms. The molecule has 0 fully saturated rings. The van der Waals surface area contributed by atoms with E-state index in [0.29, 0.717) is 12.2 Å². The second kappa shape index (κ2) is 7.78. The molecule has 140 valence electrons. The molecule has 0 radical (unpaired) electrons. The van der Waals surface area contributed by atoms with Crippen molar-refractivity contribution < 1.29 is 12.8 Å². The lowest BCUT2D eigenvalue weighted by Gasteiger charge is -2.08. The third kappa shape index (κ3) is 5.29. The average Bonchev–Trinajstić information content (AvgIpc) is 3.03. The number of nitrogens with two attached hydrogens (primary N) is 1. The summed E-state index contributed by atoms with van der Waals surface area (Å²) in [4.78, 5) is 4.11. The Morgan fingerprint density at radius 2 is 1.78 bits per heavy atom. The zero-order valence-electron chi connectivity index (χ0n) is 13.8. The van der Waals surface area contributed by atoms with Crippen LogP contribution in [0, 0.1) is 5.82 Å². The topological polar surface area (TPSA) is 115 Å². The number of benzene rings is 2. The third-order valence-corrected chi connectivity index (χ3v) is 4.59. The highest BCUT2D eigenvalue weighted by atomic mass is 32.2. The molecule has 27 heavy (non-hydrogen) atoms. The number of hydrogen-bond donors (Lipinski definition) is 3. The summed E-state index contributed by atoms with van der Waals surface area (Å²) in [6, 6.07) is 11.9. The molecular weight excluding hydrogens is 391 g/mol. The summed E-state index contributed by atoms with van der Waals surface area (Å²) >= 11 is 5.18. The van der Waals surface area contributed by atoms with E-state index in [9.17, 15) is 12.8 Å². The van der Waals surface area contributed by atoms with Crippen molar-refractivity contribution in [3.8, 4) is 0 Å². The molecule has 0 spiro atoms. The Kier molecular flexibility index (Phi) is 5.44. The fourth-order valence-electron chi connectivity index (χ4n) is 2.20. The SMILES string of the molecule is NS(=O)(=O)c1ccc(NC(=S)Nc2ncn(Cc3ccc(F)cc3)n2)cc1. The highest BCUT2D eigenvalue weighted by molar-refractivity contribution is 7.89. The molecule has 0 atom stereocenters. The van der Waals surface area contributed by atoms with Crippen LogP contribution in [0.3, 0.4) is 0 Å². The first-order valence-corrected chi connectivity index (χ1v) is 9.60. The Morgan fingerprint density at radius 1 is 1.11 bits per heavy atom. The number of nitrogens with zero attached hydrogens (tertiary/aromatic N) is 3. The standard InChI is InChI=1S/C16H15FN6O2S2/c17-12-3-1-11(2-4-12)9-23-10-19-15(22-23)21-16(26)20-13-5-7-14(8-6-13)27(18,24)25/h1-8,10H,9H2,(H2,18,24,25)(H2,20,21,22,26). The maximum absolute atomic E-state index is 12.9. The van der Waals surface area contributed by atoms with Crippen LogP contribution < -0.4 is 15.8 Å². The van der Waals surface area contributed by atoms with E-state index in [1.165, 1.54) is 42.7 Å². The van der Waals surface area contributed by atoms with Gasteiger partial charge in [-0.1, -0.05) is 12.1 Å². The number of hydrogen-bond acceptors (Lipinski definition) is 5. The van der Waals surface area contributed by atoms with Gasteiger partial charge in [0.2, 0.25) is 16.0 Å². The van der Waals surface area contributed by atoms with Crippen molar-refractivity contribution in [2.75, 3.05) is 10.6 Å². The van der Waals surface area contributed by atoms with Gasteiger partial charge < -0.3 is 5.32 Å². The van der Waals surface area contributed by atoms with Crippen molar-refractivity contribution >= 4 is 39.0 Å². The van der Waals surface area contributed by atoms with Gasteiger partial charge in [-0.25, -0.2) is 27.6 Å². The molecule has 0 aliphatic carbocycles. The second-order valence-electron chi connectivity index (χ2n) is 5.54. The van der Waals surface area contributed by atoms with Gasteiger partial charge in [-0.15, -0.1) is 5.10 Å². The van der Waals surface area contributed by atoms with E-state index >= 15 is 0 Å². The van der Waals surface area contributed by atoms with Crippen LogP contribution in [-0.2, 0) is 16.6 Å². The fraction of sp³-hybridized carbons (Fsp3) is 0.0625. The van der Waals surface area contributed by atoms with Crippen LogP contribution in [0.2, 0.25) is 0 Å². The maximum Gasteiger partial charge on any atom is 0.248 e. The Labute approximate surface area is 160 Å². The lowest BCUT2D eigenvalue weighted by atomic mass is 10.2. The van der Waals surface area contributed by atoms with E-state index in [0.717, 1.165) is 5.56 Å². The van der Waals surface area contributed by atoms with Crippen molar-refractivity contribution in [3.63, 3.8) is 0 Å². The highest BCUT2D eigenvalue weighted by Gasteiger charge is 2.08. The number of halogens is 1. The van der Waals surface area contributed by atoms with Crippen LogP contribution in [0.4, 0.5) is 16.0 Å². The van der Waals surface area contributed by atoms with E-state index in [2.05, 4.69) is 20.7 Å². The minimum Gasteiger partial charge on any atom is -0.332 e. The van der Waals surface area contributed by atoms with Crippen molar-refractivity contribution in [1.82, 2.24) is 14.8 Å². The maximum atomic E-state index is 12.9. The van der Waals surface area contributed by atoms with Crippen LogP contribution in [0.1, 0.15) is 5.56 Å². The molecule has 0 amide bonds. The van der Waals surface area contributed by atoms with Gasteiger partial charge in [0.1, 0.15) is 12.1 Å². The summed E-state index contributed by atoms with van der Waals surface area (Å²) in [7, 11) is -3.74. The predicted molar refractivity (Wildman–Crippen MR) is 103 cm³/mol. The third-order valence-electron chi connectivity index (χ3n) is 3.46. The minimum atomic E-state index is -3.74. The molecule has 4 N–H and O–H groups in total. The molecule has 3 aromatic rings. The van der Waals surface area contributed by atoms with Gasteiger partial charge >= 0.3 is 0 Å². The zero-order valence-corrected chi connectivity index (χ0v) is 15.5. The van der Waals surface area contributed by atoms with Gasteiger partial charge in [0, 0.05) is 5.69 Å². The Balaban J connectivity index is 1.58. The van der Waals surface area contributed by atoms with Gasteiger partial charge in [0.15, 0.2) is 5.11 Å². The second-order valence-corrected chi connectivity index (χ2v) is 7.51. The van der Waals surface area contributed by atoms with Crippen LogP contribution in [0.5, 0.6) is 0 Å². The van der Waals surface area contributed by atoms with Gasteiger partial charge in [0.25, 0.3) is 0 Å². The lowest BCUT2D eigenvalue weighted by Crippen LogP contribution is -2.20. The summed E-state index contributed by atoms with van der Waals surface area (Å²) in [5.74, 6) is -0.0102. The van der Waals surface area contributed by atoms with E-state index in [-0.39, 0.29) is 21.8 Å². The van der Waals surface area contributed by atoms with E-state index in [4.69, 9.17) is 17.4 Å². The molecule has 0 aliphatic rings. The number of anilines is 2. The van der Waals surface area contributed by atoms with Crippen molar-refractivity contribution in [2.24, 2.45) is 5.14 Å². The summed E-state index contributed by atoms with van der Waals surface area (Å²) in [5, 5.41) is 15.2. The summed E-state index contributed by atoms with van der Waals surface area (Å²) in [6.07, 6.45) is 1.52. The summed E-state index contributed by atoms with van der Waals surface area (Å²) in [5.41, 5.74) is 1.45. The van der Waals surface area contributed by atoms with Crippen molar-refractivity contribution in [1.29, 1.82) is 0 Å². The van der Waals surface area contributed by atoms with Crippen molar-refractivity contribution in [2.45, 2.75) is 11.4 Å². The molecule has 0 saturated carbocycles. The number of thiocarbonyl (C=S) groups is 1. The monoisotopic (exact) mass is 406 g/mol. The van der Waals surface area contributed by atoms with Crippen LogP contribution in [-0.4, -0.2) is 28.3 Å². The molecule has 2 aromatic carbocycles. The first-order valence-electron chi connectivity index (χ1n) is 7.64. The Bertz CT molecular complexity index is 1050. The fourth-order valence-corrected chi connectivity index (χ4v) is 2.92. The molecule has 0 saturated heterocycles. The zero-order chi connectivity index (χ0) is 19.4. The normalized spacial score (nSPS) is 11.2. The van der Waals surface area contributed by atoms with Gasteiger partial charge in [-0.05, 0) is 54.2 Å². The number of aromatic nitrogens is 3. The quantitative estimate of drug-likeness (QED) is 0.555. The van der Waals surface area contributed by atoms with Gasteiger partial charge in [-0.2, -0.15) is 0 Å². The van der Waals surface area contributed by atoms with E-state index in [1.807, 2.05) is 0 Å².